The zero-order chi connectivity index (χ0) is 15.4. The first-order valence-electron chi connectivity index (χ1n) is 6.39. The van der Waals surface area contributed by atoms with E-state index in [1.165, 1.54) is 18.2 Å². The van der Waals surface area contributed by atoms with Gasteiger partial charge in [0.05, 0.1) is 13.2 Å². The second kappa shape index (κ2) is 7.00. The van der Waals surface area contributed by atoms with E-state index >= 15 is 0 Å². The number of rotatable bonds is 5. The molecule has 0 aromatic heterocycles. The van der Waals surface area contributed by atoms with Gasteiger partial charge in [0.1, 0.15) is 5.75 Å². The lowest BCUT2D eigenvalue weighted by Crippen LogP contribution is -2.04. The zero-order valence-corrected chi connectivity index (χ0v) is 13.0. The van der Waals surface area contributed by atoms with E-state index in [2.05, 4.69) is 15.9 Å². The van der Waals surface area contributed by atoms with Gasteiger partial charge in [0.15, 0.2) is 0 Å². The Kier molecular flexibility index (Phi) is 5.31. The van der Waals surface area contributed by atoms with Crippen LogP contribution in [0.4, 0.5) is 8.78 Å². The van der Waals surface area contributed by atoms with Gasteiger partial charge in [-0.2, -0.15) is 0 Å². The second-order valence-electron chi connectivity index (χ2n) is 4.65. The lowest BCUT2D eigenvalue weighted by atomic mass is 9.99. The van der Waals surface area contributed by atoms with Gasteiger partial charge in [-0.1, -0.05) is 34.1 Å². The molecule has 21 heavy (non-hydrogen) atoms. The van der Waals surface area contributed by atoms with E-state index in [1.54, 1.807) is 19.2 Å². The van der Waals surface area contributed by atoms with Crippen LogP contribution < -0.4 is 4.74 Å². The summed E-state index contributed by atoms with van der Waals surface area (Å²) < 4.78 is 31.5. The van der Waals surface area contributed by atoms with Crippen molar-refractivity contribution in [2.24, 2.45) is 0 Å². The number of aliphatic hydroxyl groups excluding tert-OH is 1. The highest BCUT2D eigenvalue weighted by Crippen LogP contribution is 2.29. The van der Waals surface area contributed by atoms with Crippen molar-refractivity contribution in [2.75, 3.05) is 7.11 Å². The van der Waals surface area contributed by atoms with Crippen LogP contribution >= 0.6 is 15.9 Å². The summed E-state index contributed by atoms with van der Waals surface area (Å²) in [4.78, 5) is 0. The van der Waals surface area contributed by atoms with Gasteiger partial charge < -0.3 is 9.84 Å². The first kappa shape index (κ1) is 15.9. The number of halogens is 3. The molecular weight excluding hydrogens is 342 g/mol. The van der Waals surface area contributed by atoms with E-state index in [4.69, 9.17) is 4.74 Å². The highest BCUT2D eigenvalue weighted by molar-refractivity contribution is 9.10. The molecule has 0 aliphatic rings. The first-order chi connectivity index (χ1) is 10.0. The third-order valence-electron chi connectivity index (χ3n) is 3.20. The third-order valence-corrected chi connectivity index (χ3v) is 3.70. The second-order valence-corrected chi connectivity index (χ2v) is 5.56. The van der Waals surface area contributed by atoms with Crippen LogP contribution in [-0.4, -0.2) is 12.2 Å². The molecule has 5 heteroatoms. The summed E-state index contributed by atoms with van der Waals surface area (Å²) in [5.41, 5.74) is 1.18. The Morgan fingerprint density at radius 3 is 2.52 bits per heavy atom. The molecule has 112 valence electrons. The Morgan fingerprint density at radius 1 is 1.14 bits per heavy atom. The fourth-order valence-electron chi connectivity index (χ4n) is 2.13. The standard InChI is InChI=1S/C16H15BrF2O2/c1-21-15-6-5-13(17)8-12(15)9-14(20)10-3-2-4-11(7-10)16(18)19/h2-8,14,16,20H,9H2,1H3. The van der Waals surface area contributed by atoms with Gasteiger partial charge in [0.25, 0.3) is 6.43 Å². The first-order valence-corrected chi connectivity index (χ1v) is 7.19. The maximum absolute atomic E-state index is 12.7. The SMILES string of the molecule is COc1ccc(Br)cc1CC(O)c1cccc(C(F)F)c1. The fraction of sp³-hybridized carbons (Fsp3) is 0.250. The lowest BCUT2D eigenvalue weighted by molar-refractivity contribution is 0.149. The van der Waals surface area contributed by atoms with Crippen molar-refractivity contribution < 1.29 is 18.6 Å². The molecule has 0 aliphatic heterocycles. The molecule has 0 amide bonds. The number of methoxy groups -OCH3 is 1. The number of ether oxygens (including phenoxy) is 1. The summed E-state index contributed by atoms with van der Waals surface area (Å²) in [7, 11) is 1.55. The normalized spacial score (nSPS) is 12.5. The Balaban J connectivity index is 2.23. The summed E-state index contributed by atoms with van der Waals surface area (Å²) in [6.07, 6.45) is -3.13. The third kappa shape index (κ3) is 4.02. The molecule has 1 atom stereocenters. The van der Waals surface area contributed by atoms with Crippen molar-refractivity contribution in [1.29, 1.82) is 0 Å². The number of alkyl halides is 2. The van der Waals surface area contributed by atoms with Gasteiger partial charge in [-0.15, -0.1) is 0 Å². The predicted molar refractivity (Wildman–Crippen MR) is 80.8 cm³/mol. The van der Waals surface area contributed by atoms with Crippen LogP contribution in [0.3, 0.4) is 0 Å². The molecular formula is C16H15BrF2O2. The molecule has 2 aromatic carbocycles. The summed E-state index contributed by atoms with van der Waals surface area (Å²) in [5, 5.41) is 10.3. The van der Waals surface area contributed by atoms with Crippen LogP contribution in [-0.2, 0) is 6.42 Å². The molecule has 0 bridgehead atoms. The molecule has 2 rings (SSSR count). The van der Waals surface area contributed by atoms with Crippen LogP contribution in [0.1, 0.15) is 29.2 Å². The highest BCUT2D eigenvalue weighted by atomic mass is 79.9. The minimum Gasteiger partial charge on any atom is -0.496 e. The molecule has 0 radical (unpaired) electrons. The van der Waals surface area contributed by atoms with Crippen LogP contribution in [0.5, 0.6) is 5.75 Å². The highest BCUT2D eigenvalue weighted by Gasteiger charge is 2.15. The Bertz CT molecular complexity index is 617. The number of hydrogen-bond donors (Lipinski definition) is 1. The van der Waals surface area contributed by atoms with Crippen molar-refractivity contribution >= 4 is 15.9 Å². The molecule has 0 heterocycles. The van der Waals surface area contributed by atoms with Gasteiger partial charge in [-0.25, -0.2) is 8.78 Å². The molecule has 0 spiro atoms. The van der Waals surface area contributed by atoms with Gasteiger partial charge in [-0.3, -0.25) is 0 Å². The van der Waals surface area contributed by atoms with E-state index in [-0.39, 0.29) is 12.0 Å². The molecule has 2 aromatic rings. The summed E-state index contributed by atoms with van der Waals surface area (Å²) in [6, 6.07) is 11.3. The molecule has 1 N–H and O–H groups in total. The van der Waals surface area contributed by atoms with Crippen molar-refractivity contribution in [3.05, 3.63) is 63.6 Å². The molecule has 0 saturated heterocycles. The monoisotopic (exact) mass is 356 g/mol. The summed E-state index contributed by atoms with van der Waals surface area (Å²) >= 11 is 3.37. The molecule has 0 aliphatic carbocycles. The quantitative estimate of drug-likeness (QED) is 0.843. The smallest absolute Gasteiger partial charge is 0.263 e. The summed E-state index contributed by atoms with van der Waals surface area (Å²) in [5.74, 6) is 0.655. The average molecular weight is 357 g/mol. The molecule has 0 saturated carbocycles. The predicted octanol–water partition coefficient (Wildman–Crippen LogP) is 4.67. The molecule has 0 fully saturated rings. The van der Waals surface area contributed by atoms with E-state index in [0.29, 0.717) is 11.3 Å². The maximum Gasteiger partial charge on any atom is 0.263 e. The van der Waals surface area contributed by atoms with Crippen molar-refractivity contribution in [1.82, 2.24) is 0 Å². The van der Waals surface area contributed by atoms with Crippen LogP contribution in [0, 0.1) is 0 Å². The Labute approximate surface area is 130 Å². The van der Waals surface area contributed by atoms with Crippen LogP contribution in [0.15, 0.2) is 46.9 Å². The van der Waals surface area contributed by atoms with Crippen molar-refractivity contribution in [3.63, 3.8) is 0 Å². The Hall–Kier alpha value is -1.46. The molecule has 2 nitrogen and oxygen atoms in total. The fourth-order valence-corrected chi connectivity index (χ4v) is 2.54. The van der Waals surface area contributed by atoms with Gasteiger partial charge >= 0.3 is 0 Å². The maximum atomic E-state index is 12.7. The zero-order valence-electron chi connectivity index (χ0n) is 11.4. The minimum absolute atomic E-state index is 0.0900. The number of benzene rings is 2. The van der Waals surface area contributed by atoms with E-state index in [9.17, 15) is 13.9 Å². The van der Waals surface area contributed by atoms with Crippen molar-refractivity contribution in [2.45, 2.75) is 19.0 Å². The number of aliphatic hydroxyl groups is 1. The Morgan fingerprint density at radius 2 is 1.86 bits per heavy atom. The van der Waals surface area contributed by atoms with E-state index in [0.717, 1.165) is 10.0 Å². The van der Waals surface area contributed by atoms with Crippen molar-refractivity contribution in [3.8, 4) is 5.75 Å². The number of hydrogen-bond acceptors (Lipinski definition) is 2. The largest absolute Gasteiger partial charge is 0.496 e. The van der Waals surface area contributed by atoms with Gasteiger partial charge in [0.2, 0.25) is 0 Å². The average Bonchev–Trinajstić information content (AvgIpc) is 2.47. The van der Waals surface area contributed by atoms with E-state index < -0.39 is 12.5 Å². The minimum atomic E-state index is -2.54. The molecule has 1 unspecified atom stereocenters. The summed E-state index contributed by atoms with van der Waals surface area (Å²) in [6.45, 7) is 0. The lowest BCUT2D eigenvalue weighted by Gasteiger charge is -2.15. The van der Waals surface area contributed by atoms with Crippen LogP contribution in [0.25, 0.3) is 0 Å². The van der Waals surface area contributed by atoms with Gasteiger partial charge in [-0.05, 0) is 35.4 Å². The van der Waals surface area contributed by atoms with E-state index in [1.807, 2.05) is 12.1 Å². The van der Waals surface area contributed by atoms with Gasteiger partial charge in [0, 0.05) is 16.5 Å². The topological polar surface area (TPSA) is 29.5 Å². The van der Waals surface area contributed by atoms with Crippen LogP contribution in [0.2, 0.25) is 0 Å².